The molecule has 28 heavy (non-hydrogen) atoms. The molecule has 0 saturated carbocycles. The standard InChI is InChI=1S/C19H25N5O4/c1-13-11-15(22-28-13)17(25)21-16-6-5-14(12-20-16)23-7-9-24(10-8-23)18(26)27-19(2,3)4/h5-6,11-12H,7-10H2,1-4H3,(H,20,21,25). The summed E-state index contributed by atoms with van der Waals surface area (Å²) in [6.45, 7) is 9.83. The Balaban J connectivity index is 1.53. The molecular weight excluding hydrogens is 362 g/mol. The van der Waals surface area contributed by atoms with E-state index in [-0.39, 0.29) is 17.7 Å². The number of aryl methyl sites for hydroxylation is 1. The van der Waals surface area contributed by atoms with Gasteiger partial charge in [0.05, 0.1) is 11.9 Å². The number of nitrogens with one attached hydrogen (secondary N) is 1. The predicted octanol–water partition coefficient (Wildman–Crippen LogP) is 2.69. The quantitative estimate of drug-likeness (QED) is 0.864. The molecule has 0 spiro atoms. The first-order chi connectivity index (χ1) is 13.2. The molecule has 1 fully saturated rings. The number of hydrogen-bond acceptors (Lipinski definition) is 7. The average Bonchev–Trinajstić information content (AvgIpc) is 3.08. The topological polar surface area (TPSA) is 101 Å². The molecule has 0 unspecified atom stereocenters. The number of nitrogens with zero attached hydrogens (tertiary/aromatic N) is 4. The fourth-order valence-electron chi connectivity index (χ4n) is 2.77. The van der Waals surface area contributed by atoms with E-state index in [1.54, 1.807) is 30.2 Å². The van der Waals surface area contributed by atoms with Crippen molar-refractivity contribution >= 4 is 23.5 Å². The van der Waals surface area contributed by atoms with Crippen LogP contribution in [0.2, 0.25) is 0 Å². The van der Waals surface area contributed by atoms with Gasteiger partial charge in [-0.2, -0.15) is 0 Å². The lowest BCUT2D eigenvalue weighted by Gasteiger charge is -2.36. The third kappa shape index (κ3) is 4.99. The van der Waals surface area contributed by atoms with Crippen LogP contribution in [0.15, 0.2) is 28.9 Å². The van der Waals surface area contributed by atoms with E-state index in [4.69, 9.17) is 9.26 Å². The lowest BCUT2D eigenvalue weighted by Crippen LogP contribution is -2.50. The molecule has 0 aliphatic carbocycles. The molecule has 3 heterocycles. The van der Waals surface area contributed by atoms with Crippen molar-refractivity contribution in [3.63, 3.8) is 0 Å². The molecule has 1 aliphatic heterocycles. The second-order valence-electron chi connectivity index (χ2n) is 7.63. The van der Waals surface area contributed by atoms with Crippen LogP contribution in [-0.4, -0.2) is 58.8 Å². The van der Waals surface area contributed by atoms with Gasteiger partial charge in [0.25, 0.3) is 5.91 Å². The minimum absolute atomic E-state index is 0.210. The molecule has 2 aromatic rings. The molecular formula is C19H25N5O4. The summed E-state index contributed by atoms with van der Waals surface area (Å²) < 4.78 is 10.3. The summed E-state index contributed by atoms with van der Waals surface area (Å²) >= 11 is 0. The van der Waals surface area contributed by atoms with Gasteiger partial charge in [-0.05, 0) is 39.8 Å². The highest BCUT2D eigenvalue weighted by Gasteiger charge is 2.26. The normalized spacial score (nSPS) is 14.7. The Bertz CT molecular complexity index is 833. The van der Waals surface area contributed by atoms with Gasteiger partial charge in [-0.1, -0.05) is 5.16 Å². The number of anilines is 2. The van der Waals surface area contributed by atoms with Gasteiger partial charge >= 0.3 is 6.09 Å². The first-order valence-electron chi connectivity index (χ1n) is 9.15. The van der Waals surface area contributed by atoms with E-state index in [0.717, 1.165) is 5.69 Å². The molecule has 1 saturated heterocycles. The van der Waals surface area contributed by atoms with Crippen LogP contribution in [0.4, 0.5) is 16.3 Å². The van der Waals surface area contributed by atoms with Crippen LogP contribution in [0.3, 0.4) is 0 Å². The van der Waals surface area contributed by atoms with E-state index in [1.165, 1.54) is 0 Å². The monoisotopic (exact) mass is 387 g/mol. The fourth-order valence-corrected chi connectivity index (χ4v) is 2.77. The molecule has 0 atom stereocenters. The van der Waals surface area contributed by atoms with Crippen LogP contribution in [0.1, 0.15) is 37.0 Å². The number of aromatic nitrogens is 2. The van der Waals surface area contributed by atoms with Crippen LogP contribution >= 0.6 is 0 Å². The van der Waals surface area contributed by atoms with Crippen molar-refractivity contribution in [1.82, 2.24) is 15.0 Å². The second kappa shape index (κ2) is 7.87. The van der Waals surface area contributed by atoms with Crippen LogP contribution in [-0.2, 0) is 4.74 Å². The Kier molecular flexibility index (Phi) is 5.53. The van der Waals surface area contributed by atoms with Gasteiger partial charge in [0.1, 0.15) is 17.2 Å². The predicted molar refractivity (Wildman–Crippen MR) is 103 cm³/mol. The highest BCUT2D eigenvalue weighted by atomic mass is 16.6. The summed E-state index contributed by atoms with van der Waals surface area (Å²) in [7, 11) is 0. The second-order valence-corrected chi connectivity index (χ2v) is 7.63. The first-order valence-corrected chi connectivity index (χ1v) is 9.15. The van der Waals surface area contributed by atoms with Crippen molar-refractivity contribution in [2.24, 2.45) is 0 Å². The molecule has 1 aliphatic rings. The zero-order chi connectivity index (χ0) is 20.3. The fraction of sp³-hybridized carbons (Fsp3) is 0.474. The number of pyridine rings is 1. The van der Waals surface area contributed by atoms with Gasteiger partial charge in [-0.15, -0.1) is 0 Å². The van der Waals surface area contributed by atoms with Gasteiger partial charge in [-0.25, -0.2) is 9.78 Å². The number of carbonyl (C=O) groups is 2. The van der Waals surface area contributed by atoms with E-state index in [2.05, 4.69) is 20.4 Å². The number of ether oxygens (including phenoxy) is 1. The van der Waals surface area contributed by atoms with Crippen molar-refractivity contribution in [1.29, 1.82) is 0 Å². The molecule has 150 valence electrons. The van der Waals surface area contributed by atoms with Crippen molar-refractivity contribution in [3.05, 3.63) is 35.9 Å². The number of amides is 2. The van der Waals surface area contributed by atoms with E-state index in [9.17, 15) is 9.59 Å². The molecule has 9 heteroatoms. The lowest BCUT2D eigenvalue weighted by molar-refractivity contribution is 0.0240. The Morgan fingerprint density at radius 3 is 2.43 bits per heavy atom. The highest BCUT2D eigenvalue weighted by Crippen LogP contribution is 2.19. The molecule has 2 amide bonds. The lowest BCUT2D eigenvalue weighted by atomic mass is 10.2. The minimum atomic E-state index is -0.497. The van der Waals surface area contributed by atoms with Crippen molar-refractivity contribution in [2.75, 3.05) is 36.4 Å². The van der Waals surface area contributed by atoms with E-state index < -0.39 is 5.60 Å². The number of hydrogen-bond donors (Lipinski definition) is 1. The molecule has 1 N–H and O–H groups in total. The van der Waals surface area contributed by atoms with Gasteiger partial charge in [0.2, 0.25) is 0 Å². The zero-order valence-electron chi connectivity index (χ0n) is 16.6. The summed E-state index contributed by atoms with van der Waals surface area (Å²) in [5.74, 6) is 0.629. The first kappa shape index (κ1) is 19.7. The van der Waals surface area contributed by atoms with Crippen LogP contribution < -0.4 is 10.2 Å². The Hall–Kier alpha value is -3.10. The summed E-state index contributed by atoms with van der Waals surface area (Å²) in [6.07, 6.45) is 1.42. The van der Waals surface area contributed by atoms with Crippen molar-refractivity contribution < 1.29 is 18.8 Å². The summed E-state index contributed by atoms with van der Waals surface area (Å²) in [5.41, 5.74) is 0.643. The maximum absolute atomic E-state index is 12.1. The molecule has 0 radical (unpaired) electrons. The molecule has 0 aromatic carbocycles. The van der Waals surface area contributed by atoms with Crippen LogP contribution in [0.25, 0.3) is 0 Å². The van der Waals surface area contributed by atoms with E-state index in [0.29, 0.717) is 37.8 Å². The maximum Gasteiger partial charge on any atom is 0.410 e. The number of rotatable bonds is 3. The zero-order valence-corrected chi connectivity index (χ0v) is 16.6. The van der Waals surface area contributed by atoms with Crippen LogP contribution in [0.5, 0.6) is 0 Å². The average molecular weight is 387 g/mol. The van der Waals surface area contributed by atoms with Gasteiger partial charge in [-0.3, -0.25) is 4.79 Å². The number of carbonyl (C=O) groups excluding carboxylic acids is 2. The number of piperazine rings is 1. The molecule has 9 nitrogen and oxygen atoms in total. The largest absolute Gasteiger partial charge is 0.444 e. The minimum Gasteiger partial charge on any atom is -0.444 e. The molecule has 0 bridgehead atoms. The Morgan fingerprint density at radius 2 is 1.89 bits per heavy atom. The highest BCUT2D eigenvalue weighted by molar-refractivity contribution is 6.02. The van der Waals surface area contributed by atoms with Crippen molar-refractivity contribution in [2.45, 2.75) is 33.3 Å². The SMILES string of the molecule is Cc1cc(C(=O)Nc2ccc(N3CCN(C(=O)OC(C)(C)C)CC3)cn2)no1. The van der Waals surface area contributed by atoms with E-state index >= 15 is 0 Å². The third-order valence-electron chi connectivity index (χ3n) is 4.15. The van der Waals surface area contributed by atoms with Crippen molar-refractivity contribution in [3.8, 4) is 0 Å². The molecule has 3 rings (SSSR count). The smallest absolute Gasteiger partial charge is 0.410 e. The van der Waals surface area contributed by atoms with Gasteiger partial charge in [0.15, 0.2) is 5.69 Å². The summed E-state index contributed by atoms with van der Waals surface area (Å²) in [4.78, 5) is 32.4. The molecule has 2 aromatic heterocycles. The summed E-state index contributed by atoms with van der Waals surface area (Å²) in [6, 6.07) is 5.19. The summed E-state index contributed by atoms with van der Waals surface area (Å²) in [5, 5.41) is 6.37. The Morgan fingerprint density at radius 1 is 1.18 bits per heavy atom. The van der Waals surface area contributed by atoms with Gasteiger partial charge < -0.3 is 24.4 Å². The third-order valence-corrected chi connectivity index (χ3v) is 4.15. The van der Waals surface area contributed by atoms with E-state index in [1.807, 2.05) is 26.8 Å². The Labute approximate surface area is 163 Å². The maximum atomic E-state index is 12.1. The van der Waals surface area contributed by atoms with Crippen LogP contribution in [0, 0.1) is 6.92 Å². The van der Waals surface area contributed by atoms with Gasteiger partial charge in [0, 0.05) is 32.2 Å².